The van der Waals surface area contributed by atoms with Crippen LogP contribution in [-0.4, -0.2) is 50.7 Å². The van der Waals surface area contributed by atoms with Crippen LogP contribution in [0.3, 0.4) is 0 Å². The standard InChI is InChI=1S/C18H27N5O2/c1-12(2)23-9-14(7-21-23)16-10-22(8-15(16)11-24)17-18(25-13(3)4)20-6-5-19-17/h5-7,9,12-13,15-16,24H,8,10-11H2,1-4H3/t15-,16-/m0/s1. The van der Waals surface area contributed by atoms with Crippen molar-refractivity contribution in [2.24, 2.45) is 5.92 Å². The van der Waals surface area contributed by atoms with Crippen molar-refractivity contribution in [3.8, 4) is 5.88 Å². The first-order valence-electron chi connectivity index (χ1n) is 8.87. The van der Waals surface area contributed by atoms with Crippen molar-refractivity contribution in [2.45, 2.75) is 45.8 Å². The lowest BCUT2D eigenvalue weighted by Gasteiger charge is -2.20. The highest BCUT2D eigenvalue weighted by molar-refractivity contribution is 5.50. The molecular weight excluding hydrogens is 318 g/mol. The van der Waals surface area contributed by atoms with E-state index < -0.39 is 0 Å². The van der Waals surface area contributed by atoms with Crippen LogP contribution in [0.4, 0.5) is 5.82 Å². The van der Waals surface area contributed by atoms with Crippen molar-refractivity contribution < 1.29 is 9.84 Å². The van der Waals surface area contributed by atoms with Gasteiger partial charge in [0, 0.05) is 56.2 Å². The summed E-state index contributed by atoms with van der Waals surface area (Å²) in [5.41, 5.74) is 1.16. The Morgan fingerprint density at radius 1 is 1.20 bits per heavy atom. The predicted molar refractivity (Wildman–Crippen MR) is 95.9 cm³/mol. The summed E-state index contributed by atoms with van der Waals surface area (Å²) in [4.78, 5) is 11.0. The third kappa shape index (κ3) is 3.76. The topological polar surface area (TPSA) is 76.3 Å². The predicted octanol–water partition coefficient (Wildman–Crippen LogP) is 2.25. The summed E-state index contributed by atoms with van der Waals surface area (Å²) in [7, 11) is 0. The minimum Gasteiger partial charge on any atom is -0.472 e. The van der Waals surface area contributed by atoms with Crippen molar-refractivity contribution in [1.82, 2.24) is 19.7 Å². The van der Waals surface area contributed by atoms with E-state index >= 15 is 0 Å². The van der Waals surface area contributed by atoms with Gasteiger partial charge in [-0.05, 0) is 33.3 Å². The summed E-state index contributed by atoms with van der Waals surface area (Å²) < 4.78 is 7.77. The van der Waals surface area contributed by atoms with Crippen LogP contribution in [0.1, 0.15) is 45.2 Å². The van der Waals surface area contributed by atoms with E-state index in [1.54, 1.807) is 12.4 Å². The van der Waals surface area contributed by atoms with Crippen molar-refractivity contribution in [3.63, 3.8) is 0 Å². The molecule has 1 aliphatic rings. The second-order valence-corrected chi connectivity index (χ2v) is 7.15. The summed E-state index contributed by atoms with van der Waals surface area (Å²) in [6, 6.07) is 0.324. The third-order valence-electron chi connectivity index (χ3n) is 4.55. The van der Waals surface area contributed by atoms with Crippen molar-refractivity contribution in [3.05, 3.63) is 30.4 Å². The molecule has 2 aromatic rings. The van der Waals surface area contributed by atoms with Gasteiger partial charge >= 0.3 is 0 Å². The van der Waals surface area contributed by atoms with Gasteiger partial charge in [0.15, 0.2) is 5.82 Å². The van der Waals surface area contributed by atoms with E-state index in [-0.39, 0.29) is 24.5 Å². The van der Waals surface area contributed by atoms with Gasteiger partial charge in [-0.2, -0.15) is 5.10 Å². The van der Waals surface area contributed by atoms with Gasteiger partial charge in [0.25, 0.3) is 5.88 Å². The summed E-state index contributed by atoms with van der Waals surface area (Å²) in [5.74, 6) is 1.64. The van der Waals surface area contributed by atoms with E-state index in [9.17, 15) is 5.11 Å². The molecule has 0 spiro atoms. The molecule has 0 aromatic carbocycles. The maximum Gasteiger partial charge on any atom is 0.257 e. The zero-order valence-electron chi connectivity index (χ0n) is 15.3. The van der Waals surface area contributed by atoms with Crippen molar-refractivity contribution in [1.29, 1.82) is 0 Å². The highest BCUT2D eigenvalue weighted by Crippen LogP contribution is 2.37. The molecule has 25 heavy (non-hydrogen) atoms. The number of aliphatic hydroxyl groups is 1. The quantitative estimate of drug-likeness (QED) is 0.865. The summed E-state index contributed by atoms with van der Waals surface area (Å²) in [6.07, 6.45) is 7.36. The van der Waals surface area contributed by atoms with E-state index in [2.05, 4.69) is 40.0 Å². The summed E-state index contributed by atoms with van der Waals surface area (Å²) in [6.45, 7) is 9.79. The number of hydrogen-bond acceptors (Lipinski definition) is 6. The van der Waals surface area contributed by atoms with Crippen LogP contribution in [0, 0.1) is 5.92 Å². The molecule has 0 radical (unpaired) electrons. The third-order valence-corrected chi connectivity index (χ3v) is 4.55. The lowest BCUT2D eigenvalue weighted by atomic mass is 9.92. The molecule has 1 aliphatic heterocycles. The van der Waals surface area contributed by atoms with Gasteiger partial charge in [-0.25, -0.2) is 9.97 Å². The first kappa shape index (κ1) is 17.7. The Morgan fingerprint density at radius 3 is 2.60 bits per heavy atom. The van der Waals surface area contributed by atoms with Crippen LogP contribution in [0.2, 0.25) is 0 Å². The molecule has 1 saturated heterocycles. The molecule has 2 aromatic heterocycles. The van der Waals surface area contributed by atoms with Crippen LogP contribution in [0.5, 0.6) is 5.88 Å². The van der Waals surface area contributed by atoms with Gasteiger partial charge in [-0.3, -0.25) is 4.68 Å². The molecule has 2 atom stereocenters. The number of ether oxygens (including phenoxy) is 1. The number of aliphatic hydroxyl groups excluding tert-OH is 1. The van der Waals surface area contributed by atoms with Gasteiger partial charge in [0.05, 0.1) is 12.3 Å². The van der Waals surface area contributed by atoms with Crippen LogP contribution in [0.25, 0.3) is 0 Å². The molecule has 1 fully saturated rings. The number of rotatable bonds is 6. The molecule has 0 saturated carbocycles. The molecule has 7 nitrogen and oxygen atoms in total. The lowest BCUT2D eigenvalue weighted by molar-refractivity contribution is 0.226. The Morgan fingerprint density at radius 2 is 1.96 bits per heavy atom. The Balaban J connectivity index is 1.84. The van der Waals surface area contributed by atoms with Gasteiger partial charge in [-0.15, -0.1) is 0 Å². The Labute approximate surface area is 148 Å². The zero-order valence-corrected chi connectivity index (χ0v) is 15.3. The second-order valence-electron chi connectivity index (χ2n) is 7.15. The van der Waals surface area contributed by atoms with Gasteiger partial charge in [-0.1, -0.05) is 0 Å². The molecule has 0 aliphatic carbocycles. The second kappa shape index (κ2) is 7.39. The number of aromatic nitrogens is 4. The van der Waals surface area contributed by atoms with E-state index in [1.807, 2.05) is 24.7 Å². The summed E-state index contributed by atoms with van der Waals surface area (Å²) >= 11 is 0. The molecule has 0 bridgehead atoms. The Kier molecular flexibility index (Phi) is 5.22. The highest BCUT2D eigenvalue weighted by Gasteiger charge is 2.36. The fourth-order valence-electron chi connectivity index (χ4n) is 3.27. The van der Waals surface area contributed by atoms with E-state index in [0.717, 1.165) is 24.5 Å². The van der Waals surface area contributed by atoms with Crippen molar-refractivity contribution in [2.75, 3.05) is 24.6 Å². The number of nitrogens with zero attached hydrogens (tertiary/aromatic N) is 5. The van der Waals surface area contributed by atoms with Gasteiger partial charge in [0.1, 0.15) is 0 Å². The molecule has 0 amide bonds. The maximum atomic E-state index is 9.87. The van der Waals surface area contributed by atoms with Crippen LogP contribution in [-0.2, 0) is 0 Å². The average molecular weight is 345 g/mol. The largest absolute Gasteiger partial charge is 0.472 e. The minimum absolute atomic E-state index is 0.0340. The first-order chi connectivity index (χ1) is 12.0. The Bertz CT molecular complexity index is 700. The normalized spacial score (nSPS) is 20.7. The minimum atomic E-state index is 0.0340. The van der Waals surface area contributed by atoms with Crippen molar-refractivity contribution >= 4 is 5.82 Å². The smallest absolute Gasteiger partial charge is 0.257 e. The van der Waals surface area contributed by atoms with E-state index in [0.29, 0.717) is 11.9 Å². The monoisotopic (exact) mass is 345 g/mol. The van der Waals surface area contributed by atoms with E-state index in [1.165, 1.54) is 0 Å². The SMILES string of the molecule is CC(C)Oc1nccnc1N1C[C@@H](CO)[C@H](c2cnn(C(C)C)c2)C1. The maximum absolute atomic E-state index is 9.87. The molecule has 7 heteroatoms. The van der Waals surface area contributed by atoms with Crippen LogP contribution < -0.4 is 9.64 Å². The number of hydrogen-bond donors (Lipinski definition) is 1. The number of anilines is 1. The lowest BCUT2D eigenvalue weighted by Crippen LogP contribution is -2.23. The molecule has 3 heterocycles. The average Bonchev–Trinajstić information content (AvgIpc) is 3.21. The molecule has 0 unspecified atom stereocenters. The molecule has 1 N–H and O–H groups in total. The van der Waals surface area contributed by atoms with E-state index in [4.69, 9.17) is 4.74 Å². The van der Waals surface area contributed by atoms with Crippen LogP contribution >= 0.6 is 0 Å². The summed E-state index contributed by atoms with van der Waals surface area (Å²) in [5, 5.41) is 14.3. The Hall–Kier alpha value is -2.15. The first-order valence-corrected chi connectivity index (χ1v) is 8.87. The van der Waals surface area contributed by atoms with Gasteiger partial charge in [0.2, 0.25) is 0 Å². The zero-order chi connectivity index (χ0) is 18.0. The van der Waals surface area contributed by atoms with Crippen LogP contribution in [0.15, 0.2) is 24.8 Å². The molecule has 136 valence electrons. The molecule has 3 rings (SSSR count). The van der Waals surface area contributed by atoms with Gasteiger partial charge < -0.3 is 14.7 Å². The molecular formula is C18H27N5O2. The highest BCUT2D eigenvalue weighted by atomic mass is 16.5. The fraction of sp³-hybridized carbons (Fsp3) is 0.611. The fourth-order valence-corrected chi connectivity index (χ4v) is 3.27.